The Labute approximate surface area is 172 Å². The Morgan fingerprint density at radius 2 is 1.86 bits per heavy atom. The highest BCUT2D eigenvalue weighted by Crippen LogP contribution is 2.28. The number of aromatic nitrogens is 3. The standard InChI is InChI=1S/C24H30N4O/c1-16(2)21-15-20(22-17(3)26-27(4)23(22)25-21)24(29)28-12-10-19(11-13-28)14-18-8-6-5-7-9-18/h5-9,15-16,19H,10-14H2,1-4H3. The maximum Gasteiger partial charge on any atom is 0.254 e. The normalized spacial score (nSPS) is 15.4. The topological polar surface area (TPSA) is 51.0 Å². The van der Waals surface area contributed by atoms with Crippen molar-refractivity contribution in [3.05, 3.63) is 58.9 Å². The van der Waals surface area contributed by atoms with Crippen LogP contribution in [0.4, 0.5) is 0 Å². The molecular weight excluding hydrogens is 360 g/mol. The van der Waals surface area contributed by atoms with Gasteiger partial charge in [-0.3, -0.25) is 9.48 Å². The van der Waals surface area contributed by atoms with E-state index in [-0.39, 0.29) is 11.8 Å². The molecule has 1 aliphatic rings. The lowest BCUT2D eigenvalue weighted by Gasteiger charge is -2.32. The Bertz CT molecular complexity index is 1010. The molecule has 0 aliphatic carbocycles. The van der Waals surface area contributed by atoms with E-state index in [1.54, 1.807) is 4.68 Å². The highest BCUT2D eigenvalue weighted by molar-refractivity contribution is 6.06. The second kappa shape index (κ2) is 7.97. The van der Waals surface area contributed by atoms with Gasteiger partial charge < -0.3 is 4.90 Å². The largest absolute Gasteiger partial charge is 0.339 e. The van der Waals surface area contributed by atoms with Crippen molar-refractivity contribution in [2.75, 3.05) is 13.1 Å². The molecule has 0 N–H and O–H groups in total. The number of likely N-dealkylation sites (tertiary alicyclic amines) is 1. The van der Waals surface area contributed by atoms with Crippen LogP contribution in [0.5, 0.6) is 0 Å². The highest BCUT2D eigenvalue weighted by atomic mass is 16.2. The van der Waals surface area contributed by atoms with Crippen LogP contribution in [0.2, 0.25) is 0 Å². The van der Waals surface area contributed by atoms with Crippen LogP contribution in [-0.2, 0) is 13.5 Å². The first-order valence-corrected chi connectivity index (χ1v) is 10.6. The number of hydrogen-bond donors (Lipinski definition) is 0. The first kappa shape index (κ1) is 19.6. The van der Waals surface area contributed by atoms with Crippen LogP contribution in [0.25, 0.3) is 11.0 Å². The number of rotatable bonds is 4. The summed E-state index contributed by atoms with van der Waals surface area (Å²) in [6, 6.07) is 12.6. The van der Waals surface area contributed by atoms with E-state index in [4.69, 9.17) is 4.98 Å². The fraction of sp³-hybridized carbons (Fsp3) is 0.458. The van der Waals surface area contributed by atoms with Gasteiger partial charge in [-0.25, -0.2) is 4.98 Å². The summed E-state index contributed by atoms with van der Waals surface area (Å²) in [4.78, 5) is 20.3. The lowest BCUT2D eigenvalue weighted by molar-refractivity contribution is 0.0692. The van der Waals surface area contributed by atoms with E-state index in [0.29, 0.717) is 5.92 Å². The fourth-order valence-electron chi connectivity index (χ4n) is 4.39. The van der Waals surface area contributed by atoms with Gasteiger partial charge in [0.25, 0.3) is 5.91 Å². The maximum atomic E-state index is 13.5. The van der Waals surface area contributed by atoms with E-state index in [1.807, 2.05) is 24.9 Å². The first-order chi connectivity index (χ1) is 13.9. The summed E-state index contributed by atoms with van der Waals surface area (Å²) >= 11 is 0. The summed E-state index contributed by atoms with van der Waals surface area (Å²) < 4.78 is 1.79. The summed E-state index contributed by atoms with van der Waals surface area (Å²) in [5.74, 6) is 1.02. The van der Waals surface area contributed by atoms with Crippen molar-refractivity contribution in [1.82, 2.24) is 19.7 Å². The number of carbonyl (C=O) groups excluding carboxylic acids is 1. The minimum Gasteiger partial charge on any atom is -0.339 e. The molecule has 3 heterocycles. The third-order valence-corrected chi connectivity index (χ3v) is 6.08. The number of carbonyl (C=O) groups is 1. The number of benzene rings is 1. The Morgan fingerprint density at radius 3 is 2.52 bits per heavy atom. The first-order valence-electron chi connectivity index (χ1n) is 10.6. The van der Waals surface area contributed by atoms with Gasteiger partial charge >= 0.3 is 0 Å². The summed E-state index contributed by atoms with van der Waals surface area (Å²) in [5, 5.41) is 5.42. The minimum atomic E-state index is 0.119. The van der Waals surface area contributed by atoms with Crippen LogP contribution >= 0.6 is 0 Å². The van der Waals surface area contributed by atoms with Gasteiger partial charge in [0.1, 0.15) is 0 Å². The summed E-state index contributed by atoms with van der Waals surface area (Å²) in [6.07, 6.45) is 3.21. The summed E-state index contributed by atoms with van der Waals surface area (Å²) in [6.45, 7) is 7.82. The third-order valence-electron chi connectivity index (χ3n) is 6.08. The number of fused-ring (bicyclic) bond motifs is 1. The zero-order chi connectivity index (χ0) is 20.5. The van der Waals surface area contributed by atoms with Crippen LogP contribution in [-0.4, -0.2) is 38.7 Å². The summed E-state index contributed by atoms with van der Waals surface area (Å²) in [7, 11) is 1.90. The minimum absolute atomic E-state index is 0.119. The van der Waals surface area contributed by atoms with Crippen molar-refractivity contribution in [3.8, 4) is 0 Å². The average molecular weight is 391 g/mol. The number of amides is 1. The van der Waals surface area contributed by atoms with Crippen molar-refractivity contribution in [2.45, 2.75) is 46.0 Å². The molecule has 152 valence electrons. The van der Waals surface area contributed by atoms with Crippen molar-refractivity contribution in [2.24, 2.45) is 13.0 Å². The molecule has 2 aromatic heterocycles. The Kier molecular flexibility index (Phi) is 5.39. The van der Waals surface area contributed by atoms with Gasteiger partial charge in [-0.15, -0.1) is 0 Å². The Balaban J connectivity index is 1.55. The molecule has 5 nitrogen and oxygen atoms in total. The predicted molar refractivity (Wildman–Crippen MR) is 116 cm³/mol. The molecule has 1 fully saturated rings. The molecule has 0 spiro atoms. The van der Waals surface area contributed by atoms with E-state index in [1.165, 1.54) is 5.56 Å². The average Bonchev–Trinajstić information content (AvgIpc) is 3.02. The molecule has 0 atom stereocenters. The fourth-order valence-corrected chi connectivity index (χ4v) is 4.39. The van der Waals surface area contributed by atoms with Gasteiger partial charge in [-0.1, -0.05) is 44.2 Å². The van der Waals surface area contributed by atoms with E-state index >= 15 is 0 Å². The number of nitrogens with zero attached hydrogens (tertiary/aromatic N) is 4. The number of hydrogen-bond acceptors (Lipinski definition) is 3. The third kappa shape index (κ3) is 3.91. The van der Waals surface area contributed by atoms with Crippen LogP contribution in [0.15, 0.2) is 36.4 Å². The molecule has 5 heteroatoms. The molecule has 0 bridgehead atoms. The smallest absolute Gasteiger partial charge is 0.254 e. The molecule has 0 radical (unpaired) electrons. The van der Waals surface area contributed by atoms with Crippen molar-refractivity contribution in [3.63, 3.8) is 0 Å². The number of aryl methyl sites for hydroxylation is 2. The van der Waals surface area contributed by atoms with Gasteiger partial charge in [0.05, 0.1) is 16.6 Å². The quantitative estimate of drug-likeness (QED) is 0.659. The van der Waals surface area contributed by atoms with E-state index in [9.17, 15) is 4.79 Å². The van der Waals surface area contributed by atoms with Crippen LogP contribution in [0.3, 0.4) is 0 Å². The van der Waals surface area contributed by atoms with Crippen LogP contribution < -0.4 is 0 Å². The number of piperidine rings is 1. The van der Waals surface area contributed by atoms with Gasteiger partial charge in [-0.05, 0) is 49.7 Å². The SMILES string of the molecule is Cc1nn(C)c2nc(C(C)C)cc(C(=O)N3CCC(Cc4ccccc4)CC3)c12. The zero-order valence-corrected chi connectivity index (χ0v) is 17.9. The zero-order valence-electron chi connectivity index (χ0n) is 17.9. The summed E-state index contributed by atoms with van der Waals surface area (Å²) in [5.41, 5.74) is 4.76. The predicted octanol–water partition coefficient (Wildman–Crippen LogP) is 4.50. The van der Waals surface area contributed by atoms with Gasteiger partial charge in [0.15, 0.2) is 5.65 Å². The van der Waals surface area contributed by atoms with Crippen molar-refractivity contribution >= 4 is 16.9 Å². The molecule has 29 heavy (non-hydrogen) atoms. The molecule has 0 saturated carbocycles. The molecule has 1 aromatic carbocycles. The van der Waals surface area contributed by atoms with Gasteiger partial charge in [-0.2, -0.15) is 5.10 Å². The van der Waals surface area contributed by atoms with Gasteiger partial charge in [0.2, 0.25) is 0 Å². The van der Waals surface area contributed by atoms with E-state index in [2.05, 4.69) is 49.3 Å². The molecule has 1 aliphatic heterocycles. The Hall–Kier alpha value is -2.69. The molecule has 3 aromatic rings. The second-order valence-corrected chi connectivity index (χ2v) is 8.58. The number of pyridine rings is 1. The van der Waals surface area contributed by atoms with Crippen molar-refractivity contribution in [1.29, 1.82) is 0 Å². The monoisotopic (exact) mass is 390 g/mol. The van der Waals surface area contributed by atoms with E-state index in [0.717, 1.165) is 60.3 Å². The highest BCUT2D eigenvalue weighted by Gasteiger charge is 2.27. The molecular formula is C24H30N4O. The molecule has 4 rings (SSSR count). The lowest BCUT2D eigenvalue weighted by Crippen LogP contribution is -2.39. The lowest BCUT2D eigenvalue weighted by atomic mass is 9.90. The van der Waals surface area contributed by atoms with Gasteiger partial charge in [0, 0.05) is 25.8 Å². The van der Waals surface area contributed by atoms with Crippen LogP contribution in [0.1, 0.15) is 59.9 Å². The molecule has 1 amide bonds. The molecule has 1 saturated heterocycles. The van der Waals surface area contributed by atoms with Crippen LogP contribution in [0, 0.1) is 12.8 Å². The van der Waals surface area contributed by atoms with Crippen molar-refractivity contribution < 1.29 is 4.79 Å². The Morgan fingerprint density at radius 1 is 1.17 bits per heavy atom. The maximum absolute atomic E-state index is 13.5. The molecule has 0 unspecified atom stereocenters. The van der Waals surface area contributed by atoms with E-state index < -0.39 is 0 Å². The second-order valence-electron chi connectivity index (χ2n) is 8.58.